The predicted molar refractivity (Wildman–Crippen MR) is 127 cm³/mol. The van der Waals surface area contributed by atoms with Gasteiger partial charge >= 0.3 is 6.03 Å². The molecule has 1 saturated heterocycles. The van der Waals surface area contributed by atoms with E-state index in [1.54, 1.807) is 12.1 Å². The highest BCUT2D eigenvalue weighted by Crippen LogP contribution is 2.25. The molecule has 8 heteroatoms. The van der Waals surface area contributed by atoms with Crippen molar-refractivity contribution < 1.29 is 9.18 Å². The summed E-state index contributed by atoms with van der Waals surface area (Å²) in [4.78, 5) is 19.3. The van der Waals surface area contributed by atoms with Crippen LogP contribution in [0.1, 0.15) is 35.4 Å². The van der Waals surface area contributed by atoms with Gasteiger partial charge in [-0.2, -0.15) is 4.37 Å². The van der Waals surface area contributed by atoms with E-state index in [0.29, 0.717) is 18.9 Å². The number of para-hydroxylation sites is 1. The summed E-state index contributed by atoms with van der Waals surface area (Å²) < 4.78 is 17.5. The average molecular weight is 454 g/mol. The van der Waals surface area contributed by atoms with Gasteiger partial charge in [0.15, 0.2) is 0 Å². The highest BCUT2D eigenvalue weighted by molar-refractivity contribution is 7.09. The van der Waals surface area contributed by atoms with Crippen molar-refractivity contribution in [2.24, 2.45) is 5.92 Å². The first-order chi connectivity index (χ1) is 15.5. The third-order valence-electron chi connectivity index (χ3n) is 5.89. The first kappa shape index (κ1) is 22.2. The first-order valence-electron chi connectivity index (χ1n) is 10.9. The Kier molecular flexibility index (Phi) is 6.99. The SMILES string of the molecule is Cc1cccc(C)c1NC(=O)NCC1CCN(c2nc(Cc3ccc(F)cc3)ns2)CC1. The number of carbonyl (C=O) groups excluding carboxylic acids is 1. The molecule has 0 bridgehead atoms. The molecule has 0 saturated carbocycles. The maximum absolute atomic E-state index is 13.1. The number of halogens is 1. The summed E-state index contributed by atoms with van der Waals surface area (Å²) in [6.07, 6.45) is 2.60. The van der Waals surface area contributed by atoms with Crippen LogP contribution < -0.4 is 15.5 Å². The van der Waals surface area contributed by atoms with Crippen LogP contribution in [-0.2, 0) is 6.42 Å². The number of hydrogen-bond acceptors (Lipinski definition) is 5. The fourth-order valence-corrected chi connectivity index (χ4v) is 4.70. The molecule has 0 unspecified atom stereocenters. The van der Waals surface area contributed by atoms with Gasteiger partial charge in [-0.15, -0.1) is 0 Å². The minimum absolute atomic E-state index is 0.153. The maximum atomic E-state index is 13.1. The van der Waals surface area contributed by atoms with Gasteiger partial charge in [-0.1, -0.05) is 30.3 Å². The fraction of sp³-hybridized carbons (Fsp3) is 0.375. The average Bonchev–Trinajstić information content (AvgIpc) is 3.25. The van der Waals surface area contributed by atoms with Crippen LogP contribution in [0.3, 0.4) is 0 Å². The number of aryl methyl sites for hydroxylation is 2. The van der Waals surface area contributed by atoms with E-state index in [2.05, 4.69) is 24.9 Å². The number of nitrogens with one attached hydrogen (secondary N) is 2. The number of anilines is 2. The summed E-state index contributed by atoms with van der Waals surface area (Å²) in [6.45, 7) is 6.45. The van der Waals surface area contributed by atoms with Crippen LogP contribution in [-0.4, -0.2) is 35.0 Å². The third-order valence-corrected chi connectivity index (χ3v) is 6.70. The van der Waals surface area contributed by atoms with Crippen molar-refractivity contribution in [2.45, 2.75) is 33.1 Å². The number of carbonyl (C=O) groups is 1. The van der Waals surface area contributed by atoms with Gasteiger partial charge in [-0.05, 0) is 61.4 Å². The van der Waals surface area contributed by atoms with E-state index < -0.39 is 0 Å². The molecule has 0 aliphatic carbocycles. The first-order valence-corrected chi connectivity index (χ1v) is 11.7. The van der Waals surface area contributed by atoms with Gasteiger partial charge in [0.2, 0.25) is 5.13 Å². The lowest BCUT2D eigenvalue weighted by molar-refractivity contribution is 0.248. The molecule has 2 N–H and O–H groups in total. The van der Waals surface area contributed by atoms with Crippen LogP contribution in [0, 0.1) is 25.6 Å². The monoisotopic (exact) mass is 453 g/mol. The molecular weight excluding hydrogens is 425 g/mol. The molecule has 168 valence electrons. The molecule has 4 rings (SSSR count). The normalized spacial score (nSPS) is 14.4. The van der Waals surface area contributed by atoms with Crippen LogP contribution in [0.15, 0.2) is 42.5 Å². The van der Waals surface area contributed by atoms with Crippen LogP contribution in [0.25, 0.3) is 0 Å². The molecular formula is C24H28FN5OS. The van der Waals surface area contributed by atoms with Crippen molar-refractivity contribution in [3.8, 4) is 0 Å². The summed E-state index contributed by atoms with van der Waals surface area (Å²) >= 11 is 1.41. The number of urea groups is 1. The van der Waals surface area contributed by atoms with Crippen molar-refractivity contribution >= 4 is 28.4 Å². The molecule has 0 spiro atoms. The standard InChI is InChI=1S/C24H28FN5OS/c1-16-4-3-5-17(2)22(16)28-23(31)26-15-19-10-12-30(13-11-19)24-27-21(29-32-24)14-18-6-8-20(25)9-7-18/h3-9,19H,10-15H2,1-2H3,(H2,26,28,31). The molecule has 2 heterocycles. The fourth-order valence-electron chi connectivity index (χ4n) is 3.96. The van der Waals surface area contributed by atoms with Gasteiger partial charge in [0, 0.05) is 43.3 Å². The second-order valence-corrected chi connectivity index (χ2v) is 9.06. The quantitative estimate of drug-likeness (QED) is 0.556. The number of benzene rings is 2. The number of amides is 2. The summed E-state index contributed by atoms with van der Waals surface area (Å²) in [5.41, 5.74) is 4.00. The summed E-state index contributed by atoms with van der Waals surface area (Å²) in [6, 6.07) is 12.3. The van der Waals surface area contributed by atoms with Crippen molar-refractivity contribution in [3.63, 3.8) is 0 Å². The van der Waals surface area contributed by atoms with Crippen molar-refractivity contribution in [3.05, 3.63) is 70.8 Å². The molecule has 1 aliphatic heterocycles. The summed E-state index contributed by atoms with van der Waals surface area (Å²) in [5.74, 6) is 0.978. The van der Waals surface area contributed by atoms with Crippen molar-refractivity contribution in [1.29, 1.82) is 0 Å². The lowest BCUT2D eigenvalue weighted by atomic mass is 9.97. The number of nitrogens with zero attached hydrogens (tertiary/aromatic N) is 3. The van der Waals surface area contributed by atoms with Gasteiger partial charge in [0.25, 0.3) is 0 Å². The predicted octanol–water partition coefficient (Wildman–Crippen LogP) is 4.92. The Labute approximate surface area is 192 Å². The van der Waals surface area contributed by atoms with Crippen LogP contribution in [0.4, 0.5) is 20.0 Å². The van der Waals surface area contributed by atoms with Crippen LogP contribution >= 0.6 is 11.5 Å². The van der Waals surface area contributed by atoms with Crippen LogP contribution in [0.5, 0.6) is 0 Å². The van der Waals surface area contributed by atoms with E-state index in [9.17, 15) is 9.18 Å². The molecule has 1 aromatic heterocycles. The Morgan fingerprint density at radius 2 is 1.81 bits per heavy atom. The van der Waals surface area contributed by atoms with Gasteiger partial charge in [-0.25, -0.2) is 14.2 Å². The minimum Gasteiger partial charge on any atom is -0.347 e. The van der Waals surface area contributed by atoms with Crippen molar-refractivity contribution in [1.82, 2.24) is 14.7 Å². The molecule has 2 aromatic carbocycles. The summed E-state index contributed by atoms with van der Waals surface area (Å²) in [5, 5.41) is 6.94. The third kappa shape index (κ3) is 5.62. The van der Waals surface area contributed by atoms with E-state index in [-0.39, 0.29) is 11.8 Å². The van der Waals surface area contributed by atoms with E-state index in [0.717, 1.165) is 59.3 Å². The smallest absolute Gasteiger partial charge is 0.319 e. The molecule has 3 aromatic rings. The Morgan fingerprint density at radius 1 is 1.12 bits per heavy atom. The number of hydrogen-bond donors (Lipinski definition) is 2. The number of piperidine rings is 1. The van der Waals surface area contributed by atoms with Gasteiger partial charge in [0.1, 0.15) is 11.6 Å². The second-order valence-electron chi connectivity index (χ2n) is 8.33. The van der Waals surface area contributed by atoms with E-state index in [4.69, 9.17) is 0 Å². The zero-order valence-electron chi connectivity index (χ0n) is 18.4. The molecule has 0 radical (unpaired) electrons. The largest absolute Gasteiger partial charge is 0.347 e. The Bertz CT molecular complexity index is 1040. The van der Waals surface area contributed by atoms with Gasteiger partial charge < -0.3 is 15.5 Å². The van der Waals surface area contributed by atoms with Crippen molar-refractivity contribution in [2.75, 3.05) is 29.9 Å². The molecule has 6 nitrogen and oxygen atoms in total. The topological polar surface area (TPSA) is 70.2 Å². The summed E-state index contributed by atoms with van der Waals surface area (Å²) in [7, 11) is 0. The zero-order chi connectivity index (χ0) is 22.5. The number of rotatable bonds is 6. The molecule has 1 aliphatic rings. The molecule has 0 atom stereocenters. The number of aromatic nitrogens is 2. The maximum Gasteiger partial charge on any atom is 0.319 e. The molecule has 32 heavy (non-hydrogen) atoms. The van der Waals surface area contributed by atoms with E-state index in [1.807, 2.05) is 32.0 Å². The minimum atomic E-state index is -0.235. The zero-order valence-corrected chi connectivity index (χ0v) is 19.2. The Morgan fingerprint density at radius 3 is 2.50 bits per heavy atom. The Balaban J connectivity index is 1.23. The molecule has 1 fully saturated rings. The molecule has 2 amide bonds. The van der Waals surface area contributed by atoms with Gasteiger partial charge in [-0.3, -0.25) is 0 Å². The van der Waals surface area contributed by atoms with E-state index in [1.165, 1.54) is 23.7 Å². The second kappa shape index (κ2) is 10.1. The van der Waals surface area contributed by atoms with Gasteiger partial charge in [0.05, 0.1) is 0 Å². The van der Waals surface area contributed by atoms with Crippen LogP contribution in [0.2, 0.25) is 0 Å². The Hall–Kier alpha value is -3.00. The lowest BCUT2D eigenvalue weighted by Crippen LogP contribution is -2.40. The van der Waals surface area contributed by atoms with E-state index >= 15 is 0 Å². The highest BCUT2D eigenvalue weighted by atomic mass is 32.1. The lowest BCUT2D eigenvalue weighted by Gasteiger charge is -2.31. The highest BCUT2D eigenvalue weighted by Gasteiger charge is 2.22.